The fourth-order valence-electron chi connectivity index (χ4n) is 2.44. The summed E-state index contributed by atoms with van der Waals surface area (Å²) in [7, 11) is 0. The normalized spacial score (nSPS) is 17.9. The molecular weight excluding hydrogens is 256 g/mol. The number of pyridine rings is 1. The van der Waals surface area contributed by atoms with Crippen LogP contribution in [0.4, 0.5) is 0 Å². The number of nitriles is 1. The van der Waals surface area contributed by atoms with Gasteiger partial charge < -0.3 is 5.11 Å². The summed E-state index contributed by atoms with van der Waals surface area (Å²) in [5.41, 5.74) is 0.607. The molecule has 0 spiro atoms. The molecule has 0 unspecified atom stereocenters. The smallest absolute Gasteiger partial charge is 0.109 e. The summed E-state index contributed by atoms with van der Waals surface area (Å²) in [6.07, 6.45) is 6.12. The maximum atomic E-state index is 9.77. The van der Waals surface area contributed by atoms with Crippen molar-refractivity contribution in [1.82, 2.24) is 4.98 Å². The van der Waals surface area contributed by atoms with Gasteiger partial charge in [0, 0.05) is 5.75 Å². The molecule has 0 saturated heterocycles. The molecule has 1 fully saturated rings. The monoisotopic (exact) mass is 276 g/mol. The standard InChI is InChI=1S/C15H20N2OS/c16-10-9-14(18)13-7-4-8-15(17-13)19-11-12-5-2-1-3-6-12/h4,7-8,12,14,18H,1-3,5-6,9,11H2/t14-/m1/s1. The van der Waals surface area contributed by atoms with Crippen LogP contribution >= 0.6 is 11.8 Å². The Morgan fingerprint density at radius 1 is 1.37 bits per heavy atom. The Bertz CT molecular complexity index is 438. The number of nitrogens with zero attached hydrogens (tertiary/aromatic N) is 2. The third-order valence-electron chi connectivity index (χ3n) is 3.56. The van der Waals surface area contributed by atoms with Crippen LogP contribution < -0.4 is 0 Å². The Morgan fingerprint density at radius 3 is 2.89 bits per heavy atom. The van der Waals surface area contributed by atoms with Gasteiger partial charge in [0.15, 0.2) is 0 Å². The molecule has 1 atom stereocenters. The van der Waals surface area contributed by atoms with E-state index in [1.54, 1.807) is 17.8 Å². The van der Waals surface area contributed by atoms with Crippen LogP contribution in [0.1, 0.15) is 50.3 Å². The van der Waals surface area contributed by atoms with Crippen LogP contribution in [0.25, 0.3) is 0 Å². The van der Waals surface area contributed by atoms with Gasteiger partial charge in [0.25, 0.3) is 0 Å². The lowest BCUT2D eigenvalue weighted by Gasteiger charge is -2.20. The van der Waals surface area contributed by atoms with Gasteiger partial charge in [-0.15, -0.1) is 11.8 Å². The Kier molecular flexibility index (Phi) is 5.68. The summed E-state index contributed by atoms with van der Waals surface area (Å²) < 4.78 is 0. The van der Waals surface area contributed by atoms with Crippen LogP contribution in [0.5, 0.6) is 0 Å². The maximum absolute atomic E-state index is 9.77. The minimum absolute atomic E-state index is 0.101. The van der Waals surface area contributed by atoms with E-state index < -0.39 is 6.10 Å². The second kappa shape index (κ2) is 7.52. The number of aliphatic hydroxyl groups excluding tert-OH is 1. The molecule has 2 rings (SSSR count). The number of aliphatic hydroxyl groups is 1. The van der Waals surface area contributed by atoms with E-state index in [1.165, 1.54) is 32.1 Å². The fourth-order valence-corrected chi connectivity index (χ4v) is 3.53. The van der Waals surface area contributed by atoms with E-state index in [9.17, 15) is 5.11 Å². The van der Waals surface area contributed by atoms with Crippen molar-refractivity contribution < 1.29 is 5.11 Å². The molecule has 1 saturated carbocycles. The van der Waals surface area contributed by atoms with E-state index in [0.717, 1.165) is 16.7 Å². The molecule has 0 radical (unpaired) electrons. The first-order valence-corrected chi connectivity index (χ1v) is 7.93. The Morgan fingerprint density at radius 2 is 2.16 bits per heavy atom. The highest BCUT2D eigenvalue weighted by Crippen LogP contribution is 2.29. The average Bonchev–Trinajstić information content (AvgIpc) is 2.47. The zero-order valence-corrected chi connectivity index (χ0v) is 11.9. The van der Waals surface area contributed by atoms with E-state index in [2.05, 4.69) is 4.98 Å². The van der Waals surface area contributed by atoms with Gasteiger partial charge >= 0.3 is 0 Å². The molecule has 4 heteroatoms. The Balaban J connectivity index is 1.89. The summed E-state index contributed by atoms with van der Waals surface area (Å²) in [4.78, 5) is 4.44. The van der Waals surface area contributed by atoms with Gasteiger partial charge in [0.1, 0.15) is 6.10 Å². The largest absolute Gasteiger partial charge is 0.386 e. The van der Waals surface area contributed by atoms with Gasteiger partial charge in [0.2, 0.25) is 0 Å². The molecule has 0 bridgehead atoms. The van der Waals surface area contributed by atoms with Crippen molar-refractivity contribution in [3.8, 4) is 6.07 Å². The van der Waals surface area contributed by atoms with Crippen molar-refractivity contribution >= 4 is 11.8 Å². The number of hydrogen-bond donors (Lipinski definition) is 1. The van der Waals surface area contributed by atoms with E-state index in [0.29, 0.717) is 5.69 Å². The number of hydrogen-bond acceptors (Lipinski definition) is 4. The van der Waals surface area contributed by atoms with Crippen LogP contribution in [-0.2, 0) is 0 Å². The third-order valence-corrected chi connectivity index (χ3v) is 4.72. The molecule has 0 amide bonds. The van der Waals surface area contributed by atoms with Crippen molar-refractivity contribution in [3.63, 3.8) is 0 Å². The van der Waals surface area contributed by atoms with Crippen LogP contribution in [0, 0.1) is 17.2 Å². The zero-order chi connectivity index (χ0) is 13.5. The first-order valence-electron chi connectivity index (χ1n) is 6.94. The van der Waals surface area contributed by atoms with Crippen molar-refractivity contribution in [2.24, 2.45) is 5.92 Å². The van der Waals surface area contributed by atoms with Crippen molar-refractivity contribution in [1.29, 1.82) is 5.26 Å². The summed E-state index contributed by atoms with van der Waals surface area (Å²) in [5, 5.41) is 19.3. The lowest BCUT2D eigenvalue weighted by Crippen LogP contribution is -2.09. The number of rotatable bonds is 5. The number of aromatic nitrogens is 1. The third kappa shape index (κ3) is 4.52. The Labute approximate surface area is 119 Å². The molecule has 19 heavy (non-hydrogen) atoms. The first kappa shape index (κ1) is 14.4. The van der Waals surface area contributed by atoms with E-state index in [1.807, 2.05) is 18.2 Å². The van der Waals surface area contributed by atoms with Gasteiger partial charge in [-0.1, -0.05) is 25.3 Å². The molecule has 1 heterocycles. The highest BCUT2D eigenvalue weighted by Gasteiger charge is 2.14. The molecule has 1 aromatic heterocycles. The van der Waals surface area contributed by atoms with Gasteiger partial charge in [-0.05, 0) is 30.9 Å². The SMILES string of the molecule is N#CC[C@@H](O)c1cccc(SCC2CCCCC2)n1. The zero-order valence-electron chi connectivity index (χ0n) is 11.1. The molecule has 1 N–H and O–H groups in total. The minimum atomic E-state index is -0.764. The van der Waals surface area contributed by atoms with Gasteiger partial charge in [0.05, 0.1) is 23.2 Å². The summed E-state index contributed by atoms with van der Waals surface area (Å²) in [6, 6.07) is 7.65. The summed E-state index contributed by atoms with van der Waals surface area (Å²) in [6.45, 7) is 0. The van der Waals surface area contributed by atoms with Crippen LogP contribution in [0.15, 0.2) is 23.2 Å². The highest BCUT2D eigenvalue weighted by molar-refractivity contribution is 7.99. The van der Waals surface area contributed by atoms with Crippen molar-refractivity contribution in [2.45, 2.75) is 49.7 Å². The van der Waals surface area contributed by atoms with Crippen molar-refractivity contribution in [3.05, 3.63) is 23.9 Å². The molecule has 1 aromatic rings. The van der Waals surface area contributed by atoms with Gasteiger partial charge in [-0.3, -0.25) is 0 Å². The minimum Gasteiger partial charge on any atom is -0.386 e. The first-order chi connectivity index (χ1) is 9.29. The van der Waals surface area contributed by atoms with E-state index >= 15 is 0 Å². The predicted molar refractivity (Wildman–Crippen MR) is 76.7 cm³/mol. The highest BCUT2D eigenvalue weighted by atomic mass is 32.2. The molecule has 0 aromatic carbocycles. The molecule has 1 aliphatic rings. The molecule has 3 nitrogen and oxygen atoms in total. The molecule has 1 aliphatic carbocycles. The second-order valence-corrected chi connectivity index (χ2v) is 6.13. The van der Waals surface area contributed by atoms with Crippen LogP contribution in [0.2, 0.25) is 0 Å². The molecular formula is C15H20N2OS. The van der Waals surface area contributed by atoms with Gasteiger partial charge in [-0.2, -0.15) is 5.26 Å². The quantitative estimate of drug-likeness (QED) is 0.833. The van der Waals surface area contributed by atoms with E-state index in [4.69, 9.17) is 5.26 Å². The molecule has 0 aliphatic heterocycles. The maximum Gasteiger partial charge on any atom is 0.109 e. The second-order valence-electron chi connectivity index (χ2n) is 5.09. The lowest BCUT2D eigenvalue weighted by atomic mass is 9.91. The molecule has 102 valence electrons. The predicted octanol–water partition coefficient (Wildman–Crippen LogP) is 3.70. The fraction of sp³-hybridized carbons (Fsp3) is 0.600. The van der Waals surface area contributed by atoms with Crippen LogP contribution in [0.3, 0.4) is 0 Å². The summed E-state index contributed by atoms with van der Waals surface area (Å²) >= 11 is 1.77. The number of thioether (sulfide) groups is 1. The summed E-state index contributed by atoms with van der Waals surface area (Å²) in [5.74, 6) is 1.93. The topological polar surface area (TPSA) is 56.9 Å². The van der Waals surface area contributed by atoms with Gasteiger partial charge in [-0.25, -0.2) is 4.98 Å². The average molecular weight is 276 g/mol. The van der Waals surface area contributed by atoms with E-state index in [-0.39, 0.29) is 6.42 Å². The van der Waals surface area contributed by atoms with Crippen molar-refractivity contribution in [2.75, 3.05) is 5.75 Å². The van der Waals surface area contributed by atoms with Crippen LogP contribution in [-0.4, -0.2) is 15.8 Å². The lowest BCUT2D eigenvalue weighted by molar-refractivity contribution is 0.178. The Hall–Kier alpha value is -1.05.